The molecule has 0 aromatic heterocycles. The van der Waals surface area contributed by atoms with Crippen molar-refractivity contribution < 1.29 is 28.4 Å². The minimum absolute atomic E-state index is 0.372. The lowest BCUT2D eigenvalue weighted by Crippen LogP contribution is -2.46. The number of ether oxygens (including phenoxy) is 2. The fourth-order valence-corrected chi connectivity index (χ4v) is 1.72. The van der Waals surface area contributed by atoms with E-state index in [2.05, 4.69) is 4.99 Å². The van der Waals surface area contributed by atoms with Crippen molar-refractivity contribution in [1.82, 2.24) is 0 Å². The minimum atomic E-state index is -1.45. The molecule has 22 heavy (non-hydrogen) atoms. The maximum absolute atomic E-state index is 13.5. The summed E-state index contributed by atoms with van der Waals surface area (Å²) in [5, 5.41) is 10.6. The predicted octanol–water partition coefficient (Wildman–Crippen LogP) is 1.89. The van der Waals surface area contributed by atoms with Crippen molar-refractivity contribution in [3.8, 4) is 0 Å². The number of cyclic esters (lactones) is 2. The number of rotatable bonds is 3. The zero-order valence-electron chi connectivity index (χ0n) is 11.6. The van der Waals surface area contributed by atoms with Crippen LogP contribution in [-0.2, 0) is 19.1 Å². The second kappa shape index (κ2) is 5.51. The Morgan fingerprint density at radius 1 is 1.32 bits per heavy atom. The topological polar surface area (TPSA) is 108 Å². The highest BCUT2D eigenvalue weighted by molar-refractivity contribution is 6.10. The van der Waals surface area contributed by atoms with Gasteiger partial charge in [-0.25, -0.2) is 4.39 Å². The van der Waals surface area contributed by atoms with Crippen LogP contribution in [0.15, 0.2) is 23.2 Å². The Kier molecular flexibility index (Phi) is 3.89. The summed E-state index contributed by atoms with van der Waals surface area (Å²) >= 11 is 0. The van der Waals surface area contributed by atoms with Gasteiger partial charge in [0.15, 0.2) is 5.92 Å². The first-order chi connectivity index (χ1) is 10.2. The molecule has 1 fully saturated rings. The van der Waals surface area contributed by atoms with Gasteiger partial charge >= 0.3 is 11.9 Å². The summed E-state index contributed by atoms with van der Waals surface area (Å²) in [5.74, 6) is -5.45. The number of nitro groups is 1. The van der Waals surface area contributed by atoms with Gasteiger partial charge in [-0.05, 0) is 6.07 Å². The monoisotopic (exact) mass is 310 g/mol. The van der Waals surface area contributed by atoms with Crippen LogP contribution in [0.5, 0.6) is 0 Å². The molecule has 1 aromatic carbocycles. The molecule has 0 bridgehead atoms. The van der Waals surface area contributed by atoms with E-state index in [1.165, 1.54) is 13.8 Å². The highest BCUT2D eigenvalue weighted by Crippen LogP contribution is 2.26. The van der Waals surface area contributed by atoms with E-state index in [1.807, 2.05) is 0 Å². The number of nitro benzene ring substituents is 1. The van der Waals surface area contributed by atoms with E-state index in [0.29, 0.717) is 0 Å². The molecule has 0 unspecified atom stereocenters. The molecular weight excluding hydrogens is 299 g/mol. The molecule has 0 atom stereocenters. The molecule has 9 heteroatoms. The number of hydrogen-bond acceptors (Lipinski definition) is 7. The lowest BCUT2D eigenvalue weighted by atomic mass is 10.1. The molecule has 2 rings (SSSR count). The number of hydrogen-bond donors (Lipinski definition) is 0. The normalized spacial score (nSPS) is 18.1. The van der Waals surface area contributed by atoms with E-state index in [9.17, 15) is 24.1 Å². The largest absolute Gasteiger partial charge is 0.422 e. The summed E-state index contributed by atoms with van der Waals surface area (Å²) in [6.07, 6.45) is 0.835. The third kappa shape index (κ3) is 3.25. The summed E-state index contributed by atoms with van der Waals surface area (Å²) in [4.78, 5) is 36.9. The standard InChI is InChI=1S/C13H11FN2O6/c1-13(2)21-11(17)8(12(18)22-13)6-15-10-5-7(16(19)20)3-4-9(10)14/h3-6,8H,1-2H3. The van der Waals surface area contributed by atoms with Crippen molar-refractivity contribution in [3.63, 3.8) is 0 Å². The Labute approximate surface area is 123 Å². The van der Waals surface area contributed by atoms with Crippen molar-refractivity contribution in [2.24, 2.45) is 10.9 Å². The zero-order valence-corrected chi connectivity index (χ0v) is 11.6. The Balaban J connectivity index is 2.25. The van der Waals surface area contributed by atoms with Crippen LogP contribution in [0, 0.1) is 21.8 Å². The average molecular weight is 310 g/mol. The molecule has 0 aliphatic carbocycles. The van der Waals surface area contributed by atoms with Gasteiger partial charge in [0, 0.05) is 32.2 Å². The molecule has 0 spiro atoms. The van der Waals surface area contributed by atoms with E-state index in [4.69, 9.17) is 9.47 Å². The van der Waals surface area contributed by atoms with Gasteiger partial charge in [0.05, 0.1) is 4.92 Å². The number of carbonyl (C=O) groups excluding carboxylic acids is 2. The first-order valence-corrected chi connectivity index (χ1v) is 6.13. The lowest BCUT2D eigenvalue weighted by molar-refractivity contribution is -0.384. The van der Waals surface area contributed by atoms with E-state index in [1.54, 1.807) is 0 Å². The van der Waals surface area contributed by atoms with Crippen molar-refractivity contribution in [2.45, 2.75) is 19.6 Å². The van der Waals surface area contributed by atoms with Crippen LogP contribution >= 0.6 is 0 Å². The fraction of sp³-hybridized carbons (Fsp3) is 0.308. The number of benzene rings is 1. The number of aliphatic imine (C=N–C) groups is 1. The van der Waals surface area contributed by atoms with E-state index in [-0.39, 0.29) is 11.4 Å². The van der Waals surface area contributed by atoms with Crippen molar-refractivity contribution in [2.75, 3.05) is 0 Å². The molecule has 8 nitrogen and oxygen atoms in total. The Morgan fingerprint density at radius 3 is 2.45 bits per heavy atom. The van der Waals surface area contributed by atoms with Gasteiger partial charge in [0.25, 0.3) is 11.5 Å². The van der Waals surface area contributed by atoms with Crippen LogP contribution in [0.2, 0.25) is 0 Å². The maximum atomic E-state index is 13.5. The second-order valence-electron chi connectivity index (χ2n) is 4.89. The minimum Gasteiger partial charge on any atom is -0.422 e. The smallest absolute Gasteiger partial charge is 0.329 e. The molecule has 116 valence electrons. The molecule has 1 aliphatic heterocycles. The Morgan fingerprint density at radius 2 is 1.91 bits per heavy atom. The van der Waals surface area contributed by atoms with Gasteiger partial charge in [-0.15, -0.1) is 0 Å². The second-order valence-corrected chi connectivity index (χ2v) is 4.89. The molecule has 1 aliphatic rings. The van der Waals surface area contributed by atoms with E-state index < -0.39 is 34.4 Å². The van der Waals surface area contributed by atoms with Crippen LogP contribution < -0.4 is 0 Å². The molecule has 0 radical (unpaired) electrons. The number of nitrogens with zero attached hydrogens (tertiary/aromatic N) is 2. The van der Waals surface area contributed by atoms with Crippen LogP contribution in [0.1, 0.15) is 13.8 Å². The van der Waals surface area contributed by atoms with Gasteiger partial charge in [-0.1, -0.05) is 0 Å². The maximum Gasteiger partial charge on any atom is 0.329 e. The summed E-state index contributed by atoms with van der Waals surface area (Å²) in [5.41, 5.74) is -0.747. The molecule has 0 N–H and O–H groups in total. The number of esters is 2. The van der Waals surface area contributed by atoms with Gasteiger partial charge < -0.3 is 9.47 Å². The quantitative estimate of drug-likeness (QED) is 0.277. The van der Waals surface area contributed by atoms with Gasteiger partial charge in [-0.3, -0.25) is 24.7 Å². The van der Waals surface area contributed by atoms with Crippen LogP contribution in [-0.4, -0.2) is 28.9 Å². The van der Waals surface area contributed by atoms with Gasteiger partial charge in [0.1, 0.15) is 11.5 Å². The number of halogens is 1. The summed E-state index contributed by atoms with van der Waals surface area (Å²) in [6.45, 7) is 2.77. The van der Waals surface area contributed by atoms with Crippen molar-refractivity contribution in [1.29, 1.82) is 0 Å². The lowest BCUT2D eigenvalue weighted by Gasteiger charge is -2.31. The average Bonchev–Trinajstić information content (AvgIpc) is 2.38. The first-order valence-electron chi connectivity index (χ1n) is 6.13. The number of carbonyl (C=O) groups is 2. The van der Waals surface area contributed by atoms with E-state index in [0.717, 1.165) is 24.4 Å². The highest BCUT2D eigenvalue weighted by Gasteiger charge is 2.42. The number of non-ortho nitro benzene ring substituents is 1. The van der Waals surface area contributed by atoms with Gasteiger partial charge in [-0.2, -0.15) is 0 Å². The fourth-order valence-electron chi connectivity index (χ4n) is 1.72. The Bertz CT molecular complexity index is 665. The molecule has 0 amide bonds. The molecule has 1 heterocycles. The van der Waals surface area contributed by atoms with Gasteiger partial charge in [0.2, 0.25) is 0 Å². The summed E-state index contributed by atoms with van der Waals surface area (Å²) < 4.78 is 23.3. The highest BCUT2D eigenvalue weighted by atomic mass is 19.1. The molecule has 1 saturated heterocycles. The molecular formula is C13H11FN2O6. The van der Waals surface area contributed by atoms with Crippen molar-refractivity contribution in [3.05, 3.63) is 34.1 Å². The summed E-state index contributed by atoms with van der Waals surface area (Å²) in [7, 11) is 0. The zero-order chi connectivity index (χ0) is 16.5. The van der Waals surface area contributed by atoms with Crippen LogP contribution in [0.4, 0.5) is 15.8 Å². The summed E-state index contributed by atoms with van der Waals surface area (Å²) in [6, 6.07) is 2.72. The van der Waals surface area contributed by atoms with Crippen LogP contribution in [0.25, 0.3) is 0 Å². The predicted molar refractivity (Wildman–Crippen MR) is 71.0 cm³/mol. The first kappa shape index (κ1) is 15.5. The molecule has 1 aromatic rings. The third-order valence-corrected chi connectivity index (χ3v) is 2.70. The van der Waals surface area contributed by atoms with Crippen molar-refractivity contribution >= 4 is 29.5 Å². The SMILES string of the molecule is CC1(C)OC(=O)C(C=Nc2cc([N+](=O)[O-])ccc2F)C(=O)O1. The third-order valence-electron chi connectivity index (χ3n) is 2.70. The molecule has 0 saturated carbocycles. The Hall–Kier alpha value is -2.84. The van der Waals surface area contributed by atoms with E-state index >= 15 is 0 Å². The van der Waals surface area contributed by atoms with Crippen LogP contribution in [0.3, 0.4) is 0 Å².